The van der Waals surface area contributed by atoms with Crippen molar-refractivity contribution in [1.82, 2.24) is 4.72 Å². The summed E-state index contributed by atoms with van der Waals surface area (Å²) in [5, 5.41) is 0. The molecule has 0 unspecified atom stereocenters. The number of unbranched alkanes of at least 4 members (excludes halogenated alkanes) is 1. The van der Waals surface area contributed by atoms with Crippen LogP contribution < -0.4 is 10.5 Å². The number of hydrogen-bond donors (Lipinski definition) is 2. The lowest BCUT2D eigenvalue weighted by atomic mass is 10.2. The number of fused-ring (bicyclic) bond motifs is 1. The molecule has 102 valence electrons. The molecule has 1 amide bonds. The van der Waals surface area contributed by atoms with Crippen molar-refractivity contribution in [3.63, 3.8) is 0 Å². The van der Waals surface area contributed by atoms with Crippen molar-refractivity contribution in [3.8, 4) is 0 Å². The first-order valence-corrected chi connectivity index (χ1v) is 7.44. The molecule has 2 rings (SSSR count). The molecule has 0 saturated carbocycles. The van der Waals surface area contributed by atoms with Crippen LogP contribution in [-0.2, 0) is 14.8 Å². The first kappa shape index (κ1) is 13.5. The molecule has 1 aromatic rings. The van der Waals surface area contributed by atoms with Crippen molar-refractivity contribution >= 4 is 21.8 Å². The fourth-order valence-corrected chi connectivity index (χ4v) is 3.10. The van der Waals surface area contributed by atoms with Crippen LogP contribution in [0.15, 0.2) is 34.2 Å². The third-order valence-corrected chi connectivity index (χ3v) is 4.16. The summed E-state index contributed by atoms with van der Waals surface area (Å²) < 4.78 is 26.0. The van der Waals surface area contributed by atoms with Crippen LogP contribution in [-0.4, -0.2) is 26.7 Å². The summed E-state index contributed by atoms with van der Waals surface area (Å²) in [5.74, 6) is 0.0363. The number of carbonyl (C=O) groups excluding carboxylic acids is 1. The molecule has 1 heterocycles. The number of nitrogens with two attached hydrogens (primary N) is 1. The topological polar surface area (TPSA) is 102 Å². The molecule has 0 fully saturated rings. The van der Waals surface area contributed by atoms with Gasteiger partial charge in [0.25, 0.3) is 10.0 Å². The van der Waals surface area contributed by atoms with E-state index >= 15 is 0 Å². The van der Waals surface area contributed by atoms with Crippen molar-refractivity contribution in [1.29, 1.82) is 0 Å². The summed E-state index contributed by atoms with van der Waals surface area (Å²) in [6, 6.07) is 6.71. The van der Waals surface area contributed by atoms with Crippen LogP contribution in [0.25, 0.3) is 0 Å². The van der Waals surface area contributed by atoms with Crippen LogP contribution in [0.4, 0.5) is 0 Å². The second kappa shape index (κ2) is 5.40. The van der Waals surface area contributed by atoms with Gasteiger partial charge in [0, 0.05) is 18.5 Å². The van der Waals surface area contributed by atoms with Gasteiger partial charge in [-0.25, -0.2) is 8.42 Å². The lowest BCUT2D eigenvalue weighted by Gasteiger charge is -1.99. The smallest absolute Gasteiger partial charge is 0.263 e. The van der Waals surface area contributed by atoms with Gasteiger partial charge in [-0.15, -0.1) is 0 Å². The SMILES string of the molecule is NC(=O)CCCCN=C1NS(=O)(=O)c2ccccc21. The van der Waals surface area contributed by atoms with Crippen molar-refractivity contribution in [2.45, 2.75) is 24.2 Å². The summed E-state index contributed by atoms with van der Waals surface area (Å²) in [7, 11) is -3.47. The van der Waals surface area contributed by atoms with Crippen molar-refractivity contribution < 1.29 is 13.2 Å². The van der Waals surface area contributed by atoms with E-state index in [0.29, 0.717) is 37.2 Å². The van der Waals surface area contributed by atoms with Crippen molar-refractivity contribution in [3.05, 3.63) is 29.8 Å². The molecule has 0 radical (unpaired) electrons. The van der Waals surface area contributed by atoms with Crippen LogP contribution >= 0.6 is 0 Å². The highest BCUT2D eigenvalue weighted by Gasteiger charge is 2.29. The maximum absolute atomic E-state index is 11.8. The molecule has 1 aliphatic rings. The number of primary amides is 1. The summed E-state index contributed by atoms with van der Waals surface area (Å²) in [6.07, 6.45) is 1.67. The zero-order valence-corrected chi connectivity index (χ0v) is 11.1. The second-order valence-electron chi connectivity index (χ2n) is 4.26. The number of sulfonamides is 1. The van der Waals surface area contributed by atoms with Gasteiger partial charge in [0.05, 0.1) is 4.90 Å². The summed E-state index contributed by atoms with van der Waals surface area (Å²) in [4.78, 5) is 15.0. The Kier molecular flexibility index (Phi) is 3.84. The third-order valence-electron chi connectivity index (χ3n) is 2.76. The molecule has 1 aliphatic heterocycles. The number of aliphatic imine (C=N–C) groups is 1. The number of rotatable bonds is 5. The van der Waals surface area contributed by atoms with Gasteiger partial charge in [-0.2, -0.15) is 0 Å². The van der Waals surface area contributed by atoms with Crippen LogP contribution in [0.1, 0.15) is 24.8 Å². The molecule has 0 bridgehead atoms. The fraction of sp³-hybridized carbons (Fsp3) is 0.333. The van der Waals surface area contributed by atoms with E-state index < -0.39 is 10.0 Å². The zero-order chi connectivity index (χ0) is 13.9. The highest BCUT2D eigenvalue weighted by atomic mass is 32.2. The molecule has 0 aliphatic carbocycles. The Hall–Kier alpha value is -1.89. The van der Waals surface area contributed by atoms with Gasteiger partial charge in [0.2, 0.25) is 5.91 Å². The molecule has 3 N–H and O–H groups in total. The van der Waals surface area contributed by atoms with Gasteiger partial charge in [-0.1, -0.05) is 12.1 Å². The van der Waals surface area contributed by atoms with Crippen LogP contribution in [0.5, 0.6) is 0 Å². The maximum atomic E-state index is 11.8. The molecule has 19 heavy (non-hydrogen) atoms. The van der Waals surface area contributed by atoms with Crippen LogP contribution in [0.3, 0.4) is 0 Å². The predicted molar refractivity (Wildman–Crippen MR) is 71.2 cm³/mol. The van der Waals surface area contributed by atoms with Gasteiger partial charge in [-0.3, -0.25) is 14.5 Å². The summed E-state index contributed by atoms with van der Waals surface area (Å²) in [5.41, 5.74) is 5.62. The van der Waals surface area contributed by atoms with E-state index in [1.165, 1.54) is 0 Å². The van der Waals surface area contributed by atoms with E-state index in [0.717, 1.165) is 0 Å². The number of benzene rings is 1. The summed E-state index contributed by atoms with van der Waals surface area (Å²) >= 11 is 0. The Morgan fingerprint density at radius 2 is 2.00 bits per heavy atom. The molecule has 0 spiro atoms. The van der Waals surface area contributed by atoms with Gasteiger partial charge in [-0.05, 0) is 25.0 Å². The Labute approximate surface area is 111 Å². The second-order valence-corrected chi connectivity index (χ2v) is 5.91. The first-order valence-electron chi connectivity index (χ1n) is 5.96. The first-order chi connectivity index (χ1) is 9.00. The molecule has 1 aromatic carbocycles. The summed E-state index contributed by atoms with van der Waals surface area (Å²) in [6.45, 7) is 0.458. The van der Waals surface area contributed by atoms with Crippen molar-refractivity contribution in [2.75, 3.05) is 6.54 Å². The third kappa shape index (κ3) is 3.11. The van der Waals surface area contributed by atoms with E-state index in [4.69, 9.17) is 5.73 Å². The minimum Gasteiger partial charge on any atom is -0.370 e. The highest BCUT2D eigenvalue weighted by Crippen LogP contribution is 2.22. The Balaban J connectivity index is 2.05. The minimum absolute atomic E-state index is 0.255. The van der Waals surface area contributed by atoms with Gasteiger partial charge in [0.15, 0.2) is 0 Å². The Morgan fingerprint density at radius 3 is 2.74 bits per heavy atom. The van der Waals surface area contributed by atoms with Crippen molar-refractivity contribution in [2.24, 2.45) is 10.7 Å². The number of carbonyl (C=O) groups is 1. The number of nitrogens with one attached hydrogen (secondary N) is 1. The number of amides is 1. The average molecular weight is 281 g/mol. The van der Waals surface area contributed by atoms with E-state index in [1.807, 2.05) is 0 Å². The number of nitrogens with zero attached hydrogens (tertiary/aromatic N) is 1. The molecule has 6 nitrogen and oxygen atoms in total. The number of hydrogen-bond acceptors (Lipinski definition) is 4. The quantitative estimate of drug-likeness (QED) is 0.763. The lowest BCUT2D eigenvalue weighted by Crippen LogP contribution is -2.22. The van der Waals surface area contributed by atoms with E-state index in [9.17, 15) is 13.2 Å². The Bertz CT molecular complexity index is 623. The van der Waals surface area contributed by atoms with E-state index in [-0.39, 0.29) is 10.8 Å². The Morgan fingerprint density at radius 1 is 1.26 bits per heavy atom. The van der Waals surface area contributed by atoms with Gasteiger partial charge >= 0.3 is 0 Å². The lowest BCUT2D eigenvalue weighted by molar-refractivity contribution is -0.118. The maximum Gasteiger partial charge on any atom is 0.263 e. The standard InChI is InChI=1S/C12H15N3O3S/c13-11(16)7-3-4-8-14-12-9-5-1-2-6-10(9)19(17,18)15-12/h1-2,5-6H,3-4,7-8H2,(H2,13,16)(H,14,15). The normalized spacial score (nSPS) is 18.0. The minimum atomic E-state index is -3.47. The molecule has 0 atom stereocenters. The molecular formula is C12H15N3O3S. The monoisotopic (exact) mass is 281 g/mol. The average Bonchev–Trinajstić information content (AvgIpc) is 2.61. The molecular weight excluding hydrogens is 266 g/mol. The fourth-order valence-electron chi connectivity index (χ4n) is 1.85. The predicted octanol–water partition coefficient (Wildman–Crippen LogP) is 0.381. The van der Waals surface area contributed by atoms with E-state index in [1.54, 1.807) is 24.3 Å². The van der Waals surface area contributed by atoms with Gasteiger partial charge < -0.3 is 5.73 Å². The zero-order valence-electron chi connectivity index (χ0n) is 10.3. The van der Waals surface area contributed by atoms with Gasteiger partial charge in [0.1, 0.15) is 5.84 Å². The van der Waals surface area contributed by atoms with E-state index in [2.05, 4.69) is 9.71 Å². The highest BCUT2D eigenvalue weighted by molar-refractivity contribution is 7.90. The van der Waals surface area contributed by atoms with Crippen LogP contribution in [0, 0.1) is 0 Å². The molecule has 7 heteroatoms. The largest absolute Gasteiger partial charge is 0.370 e. The molecule has 0 saturated heterocycles. The number of amidine groups is 1. The molecule has 0 aromatic heterocycles. The van der Waals surface area contributed by atoms with Crippen LogP contribution in [0.2, 0.25) is 0 Å².